The van der Waals surface area contributed by atoms with E-state index >= 15 is 0 Å². The lowest BCUT2D eigenvalue weighted by atomic mass is 9.85. The number of hydrogen-bond donors (Lipinski definition) is 0. The summed E-state index contributed by atoms with van der Waals surface area (Å²) in [4.78, 5) is 26.1. The Morgan fingerprint density at radius 2 is 2.00 bits per heavy atom. The molecule has 3 atom stereocenters. The van der Waals surface area contributed by atoms with Gasteiger partial charge in [0, 0.05) is 0 Å². The molecule has 0 radical (unpaired) electrons. The molecule has 0 aromatic heterocycles. The number of alkyl halides is 1. The molecule has 2 rings (SSSR count). The number of amides is 2. The number of fused-ring (bicyclic) bond motifs is 1. The summed E-state index contributed by atoms with van der Waals surface area (Å²) < 4.78 is 11.0. The monoisotopic (exact) mass is 383 g/mol. The van der Waals surface area contributed by atoms with Crippen LogP contribution >= 0.6 is 28.7 Å². The molecule has 5 nitrogen and oxygen atoms in total. The molecule has 22 heavy (non-hydrogen) atoms. The van der Waals surface area contributed by atoms with Gasteiger partial charge in [0.25, 0.3) is 0 Å². The van der Waals surface area contributed by atoms with Crippen LogP contribution in [-0.2, 0) is 30.4 Å². The van der Waals surface area contributed by atoms with Gasteiger partial charge in [-0.1, -0.05) is 12.2 Å². The Hall–Kier alpha value is 0.0900. The van der Waals surface area contributed by atoms with Crippen molar-refractivity contribution in [1.82, 2.24) is 4.90 Å². The van der Waals surface area contributed by atoms with E-state index in [1.165, 1.54) is 16.3 Å². The van der Waals surface area contributed by atoms with Gasteiger partial charge in [0.05, 0.1) is 36.3 Å². The molecule has 0 aromatic rings. The first-order valence-electron chi connectivity index (χ1n) is 7.13. The molecule has 2 amide bonds. The zero-order chi connectivity index (χ0) is 16.3. The van der Waals surface area contributed by atoms with E-state index in [-0.39, 0.29) is 23.6 Å². The van der Waals surface area contributed by atoms with Crippen LogP contribution in [0.1, 0.15) is 20.3 Å². The highest BCUT2D eigenvalue weighted by Gasteiger charge is 2.50. The molecule has 124 valence electrons. The minimum absolute atomic E-state index is 0.158. The first-order chi connectivity index (χ1) is 10.4. The topological polar surface area (TPSA) is 55.8 Å². The molecule has 0 spiro atoms. The fraction of sp³-hybridized carbons (Fsp3) is 0.692. The second kappa shape index (κ2) is 7.77. The predicted octanol–water partition coefficient (Wildman–Crippen LogP) is 3.14. The summed E-state index contributed by atoms with van der Waals surface area (Å²) in [5.74, 6) is -1.05. The zero-order valence-corrected chi connectivity index (χ0v) is 15.7. The Labute approximate surface area is 144 Å². The van der Waals surface area contributed by atoms with E-state index in [1.54, 1.807) is 6.08 Å². The summed E-state index contributed by atoms with van der Waals surface area (Å²) in [6.07, 6.45) is 4.21. The molecule has 1 heterocycles. The SMILES string of the molecule is CCOP(=S)(OCC)SCN1C(=O)C2CC=CC(Cl)C2C1=O. The fourth-order valence-electron chi connectivity index (χ4n) is 2.58. The van der Waals surface area contributed by atoms with Crippen molar-refractivity contribution < 1.29 is 18.6 Å². The maximum atomic E-state index is 12.5. The Balaban J connectivity index is 2.06. The Bertz CT molecular complexity index is 520. The van der Waals surface area contributed by atoms with Crippen molar-refractivity contribution in [3.05, 3.63) is 12.2 Å². The number of imide groups is 1. The van der Waals surface area contributed by atoms with E-state index in [2.05, 4.69) is 0 Å². The second-order valence-electron chi connectivity index (χ2n) is 4.89. The van der Waals surface area contributed by atoms with Gasteiger partial charge >= 0.3 is 0 Å². The van der Waals surface area contributed by atoms with E-state index in [0.29, 0.717) is 19.6 Å². The number of carbonyl (C=O) groups is 2. The van der Waals surface area contributed by atoms with Gasteiger partial charge in [0.1, 0.15) is 0 Å². The van der Waals surface area contributed by atoms with Crippen molar-refractivity contribution in [2.45, 2.75) is 25.6 Å². The molecule has 1 fully saturated rings. The quantitative estimate of drug-likeness (QED) is 0.291. The van der Waals surface area contributed by atoms with Gasteiger partial charge in [0.15, 0.2) is 0 Å². The fourth-order valence-corrected chi connectivity index (χ4v) is 7.24. The molecular formula is C13H19ClNO4PS2. The molecule has 0 aromatic carbocycles. The van der Waals surface area contributed by atoms with Crippen LogP contribution in [0.2, 0.25) is 0 Å². The average Bonchev–Trinajstić information content (AvgIpc) is 2.70. The summed E-state index contributed by atoms with van der Waals surface area (Å²) in [5.41, 5.74) is -2.53. The first kappa shape index (κ1) is 18.4. The maximum Gasteiger partial charge on any atom is 0.249 e. The van der Waals surface area contributed by atoms with E-state index in [9.17, 15) is 9.59 Å². The molecule has 9 heteroatoms. The van der Waals surface area contributed by atoms with Crippen LogP contribution in [0.25, 0.3) is 0 Å². The normalized spacial score (nSPS) is 28.3. The lowest BCUT2D eigenvalue weighted by Crippen LogP contribution is -2.32. The number of rotatable bonds is 7. The molecule has 0 saturated carbocycles. The smallest absolute Gasteiger partial charge is 0.249 e. The minimum atomic E-state index is -2.53. The van der Waals surface area contributed by atoms with Crippen molar-refractivity contribution in [2.75, 3.05) is 19.1 Å². The van der Waals surface area contributed by atoms with Crippen LogP contribution < -0.4 is 0 Å². The predicted molar refractivity (Wildman–Crippen MR) is 92.2 cm³/mol. The molecule has 3 unspecified atom stereocenters. The van der Waals surface area contributed by atoms with Crippen molar-refractivity contribution in [3.63, 3.8) is 0 Å². The highest BCUT2D eigenvalue weighted by Crippen LogP contribution is 2.61. The molecule has 1 saturated heterocycles. The number of likely N-dealkylation sites (tertiary alicyclic amines) is 1. The van der Waals surface area contributed by atoms with Crippen molar-refractivity contribution in [2.24, 2.45) is 11.8 Å². The summed E-state index contributed by atoms with van der Waals surface area (Å²) in [6.45, 7) is 4.55. The maximum absolute atomic E-state index is 12.5. The Morgan fingerprint density at radius 3 is 2.55 bits per heavy atom. The van der Waals surface area contributed by atoms with Crippen molar-refractivity contribution in [1.29, 1.82) is 0 Å². The zero-order valence-electron chi connectivity index (χ0n) is 12.4. The van der Waals surface area contributed by atoms with E-state index < -0.39 is 17.0 Å². The van der Waals surface area contributed by atoms with Crippen LogP contribution in [0, 0.1) is 11.8 Å². The summed E-state index contributed by atoms with van der Waals surface area (Å²) in [6, 6.07) is 0. The van der Waals surface area contributed by atoms with E-state index in [4.69, 9.17) is 32.5 Å². The third-order valence-electron chi connectivity index (χ3n) is 3.54. The summed E-state index contributed by atoms with van der Waals surface area (Å²) >= 11 is 12.8. The lowest BCUT2D eigenvalue weighted by Gasteiger charge is -2.22. The van der Waals surface area contributed by atoms with Gasteiger partial charge in [-0.3, -0.25) is 14.5 Å². The van der Waals surface area contributed by atoms with Gasteiger partial charge in [0.2, 0.25) is 17.5 Å². The third-order valence-corrected chi connectivity index (χ3v) is 9.30. The number of allylic oxidation sites excluding steroid dienone is 2. The summed E-state index contributed by atoms with van der Waals surface area (Å²) in [5, 5.41) is -0.424. The van der Waals surface area contributed by atoms with Crippen LogP contribution in [0.4, 0.5) is 0 Å². The third kappa shape index (κ3) is 3.77. The average molecular weight is 384 g/mol. The number of carbonyl (C=O) groups excluding carboxylic acids is 2. The van der Waals surface area contributed by atoms with Crippen LogP contribution in [0.3, 0.4) is 0 Å². The van der Waals surface area contributed by atoms with Gasteiger partial charge < -0.3 is 9.05 Å². The number of hydrogen-bond acceptors (Lipinski definition) is 6. The molecule has 1 aliphatic carbocycles. The number of halogens is 1. The van der Waals surface area contributed by atoms with E-state index in [0.717, 1.165) is 0 Å². The van der Waals surface area contributed by atoms with E-state index in [1.807, 2.05) is 19.9 Å². The standard InChI is InChI=1S/C13H19ClNO4PS2/c1-3-18-20(21,19-4-2)22-8-15-12(16)9-6-5-7-10(14)11(9)13(15)17/h5,7,9-11H,3-4,6,8H2,1-2H3. The highest BCUT2D eigenvalue weighted by molar-refractivity contribution is 8.67. The van der Waals surface area contributed by atoms with Gasteiger partial charge in [-0.2, -0.15) is 0 Å². The minimum Gasteiger partial charge on any atom is -0.322 e. The summed E-state index contributed by atoms with van der Waals surface area (Å²) in [7, 11) is 0. The largest absolute Gasteiger partial charge is 0.322 e. The van der Waals surface area contributed by atoms with Gasteiger partial charge in [-0.25, -0.2) is 0 Å². The van der Waals surface area contributed by atoms with Crippen LogP contribution in [-0.4, -0.2) is 41.2 Å². The Morgan fingerprint density at radius 1 is 1.36 bits per heavy atom. The highest BCUT2D eigenvalue weighted by atomic mass is 35.5. The molecule has 2 aliphatic rings. The number of nitrogens with zero attached hydrogens (tertiary/aromatic N) is 1. The van der Waals surface area contributed by atoms with Gasteiger partial charge in [-0.15, -0.1) is 11.6 Å². The van der Waals surface area contributed by atoms with Crippen molar-refractivity contribution in [3.8, 4) is 0 Å². The first-order valence-corrected chi connectivity index (χ1v) is 11.8. The lowest BCUT2D eigenvalue weighted by molar-refractivity contribution is -0.138. The van der Waals surface area contributed by atoms with Crippen LogP contribution in [0.15, 0.2) is 12.2 Å². The van der Waals surface area contributed by atoms with Crippen molar-refractivity contribution >= 4 is 52.3 Å². The second-order valence-corrected chi connectivity index (χ2v) is 11.7. The molecule has 1 aliphatic heterocycles. The molecule has 0 N–H and O–H groups in total. The molecule has 0 bridgehead atoms. The Kier molecular flexibility index (Phi) is 6.51. The van der Waals surface area contributed by atoms with Gasteiger partial charge in [-0.05, 0) is 43.5 Å². The molecular weight excluding hydrogens is 365 g/mol. The van der Waals surface area contributed by atoms with Crippen LogP contribution in [0.5, 0.6) is 0 Å².